The Bertz CT molecular complexity index is 912. The molecule has 0 aliphatic rings. The molecule has 6 nitrogen and oxygen atoms in total. The van der Waals surface area contributed by atoms with Gasteiger partial charge in [-0.05, 0) is 31.5 Å². The molecule has 0 atom stereocenters. The summed E-state index contributed by atoms with van der Waals surface area (Å²) in [6.07, 6.45) is 1.78. The number of rotatable bonds is 6. The fourth-order valence-electron chi connectivity index (χ4n) is 2.32. The third kappa shape index (κ3) is 11.2. The summed E-state index contributed by atoms with van der Waals surface area (Å²) in [6, 6.07) is 17.1. The molecule has 164 valence electrons. The minimum Gasteiger partial charge on any atom is -0.468 e. The number of methoxy groups -OCH3 is 1. The van der Waals surface area contributed by atoms with Gasteiger partial charge in [0, 0.05) is 38.1 Å². The van der Waals surface area contributed by atoms with E-state index < -0.39 is 5.97 Å². The van der Waals surface area contributed by atoms with Gasteiger partial charge in [-0.3, -0.25) is 14.4 Å². The third-order valence-corrected chi connectivity index (χ3v) is 4.11. The van der Waals surface area contributed by atoms with Crippen LogP contribution in [0.2, 0.25) is 0 Å². The Hall–Kier alpha value is -3.59. The number of hydrogen-bond acceptors (Lipinski definition) is 4. The Balaban J connectivity index is 0.000000577. The lowest BCUT2D eigenvalue weighted by Crippen LogP contribution is -2.30. The minimum absolute atomic E-state index is 0.0843. The first-order valence-corrected chi connectivity index (χ1v) is 9.99. The Labute approximate surface area is 184 Å². The summed E-state index contributed by atoms with van der Waals surface area (Å²) >= 11 is 0. The van der Waals surface area contributed by atoms with E-state index in [2.05, 4.69) is 41.0 Å². The van der Waals surface area contributed by atoms with E-state index in [0.29, 0.717) is 30.4 Å². The van der Waals surface area contributed by atoms with Crippen LogP contribution in [-0.4, -0.2) is 50.4 Å². The molecule has 2 amide bonds. The molecule has 2 rings (SSSR count). The predicted molar refractivity (Wildman–Crippen MR) is 121 cm³/mol. The number of aryl methyl sites for hydroxylation is 1. The van der Waals surface area contributed by atoms with Crippen LogP contribution in [0.25, 0.3) is 0 Å². The van der Waals surface area contributed by atoms with Gasteiger partial charge in [-0.25, -0.2) is 0 Å². The molecule has 6 heteroatoms. The summed E-state index contributed by atoms with van der Waals surface area (Å²) in [5.41, 5.74) is 2.45. The number of nitrogens with zero attached hydrogens (tertiary/aromatic N) is 1. The number of hydrogen-bond donors (Lipinski definition) is 1. The molecule has 31 heavy (non-hydrogen) atoms. The highest BCUT2D eigenvalue weighted by molar-refractivity contribution is 5.96. The standard InChI is InChI=1S/C18H22N2O4.C7H8/c1-20(2)16(21)11-6-4-5-8-14-9-7-10-15(12-14)18(23)19-13-17(22)24-3;1-7-5-3-2-4-6-7/h7,9-10,12H,4,6,11,13H2,1-3H3,(H,19,23);2-6H,1H3. The van der Waals surface area contributed by atoms with Crippen molar-refractivity contribution in [1.82, 2.24) is 10.2 Å². The lowest BCUT2D eigenvalue weighted by molar-refractivity contribution is -0.139. The molecule has 0 aliphatic heterocycles. The average molecular weight is 423 g/mol. The van der Waals surface area contributed by atoms with Crippen LogP contribution in [0.4, 0.5) is 0 Å². The van der Waals surface area contributed by atoms with Gasteiger partial charge >= 0.3 is 5.97 Å². The number of carbonyl (C=O) groups excluding carboxylic acids is 3. The predicted octanol–water partition coefficient (Wildman–Crippen LogP) is 3.19. The Kier molecular flexibility index (Phi) is 11.8. The number of amides is 2. The fourth-order valence-corrected chi connectivity index (χ4v) is 2.32. The maximum absolute atomic E-state index is 11.9. The molecule has 0 fully saturated rings. The summed E-state index contributed by atoms with van der Waals surface area (Å²) in [7, 11) is 4.71. The molecule has 1 N–H and O–H groups in total. The molecule has 0 spiro atoms. The lowest BCUT2D eigenvalue weighted by Gasteiger charge is -2.08. The second-order valence-electron chi connectivity index (χ2n) is 6.94. The maximum atomic E-state index is 11.9. The smallest absolute Gasteiger partial charge is 0.325 e. The van der Waals surface area contributed by atoms with Gasteiger partial charge in [-0.2, -0.15) is 0 Å². The SMILES string of the molecule is COC(=O)CNC(=O)c1cccc(C#CCCCC(=O)N(C)C)c1.Cc1ccccc1. The zero-order chi connectivity index (χ0) is 23.1. The van der Waals surface area contributed by atoms with Crippen molar-refractivity contribution in [3.63, 3.8) is 0 Å². The number of carbonyl (C=O) groups is 3. The molecule has 2 aromatic carbocycles. The highest BCUT2D eigenvalue weighted by Gasteiger charge is 2.08. The number of ether oxygens (including phenoxy) is 1. The second-order valence-corrected chi connectivity index (χ2v) is 6.94. The van der Waals surface area contributed by atoms with E-state index >= 15 is 0 Å². The highest BCUT2D eigenvalue weighted by atomic mass is 16.5. The molecule has 0 aromatic heterocycles. The van der Waals surface area contributed by atoms with E-state index in [0.717, 1.165) is 0 Å². The van der Waals surface area contributed by atoms with Gasteiger partial charge < -0.3 is 15.0 Å². The zero-order valence-corrected chi connectivity index (χ0v) is 18.6. The van der Waals surface area contributed by atoms with Crippen molar-refractivity contribution < 1.29 is 19.1 Å². The van der Waals surface area contributed by atoms with E-state index in [9.17, 15) is 14.4 Å². The molecule has 0 saturated heterocycles. The van der Waals surface area contributed by atoms with Gasteiger partial charge in [0.1, 0.15) is 6.54 Å². The van der Waals surface area contributed by atoms with Crippen LogP contribution in [0.3, 0.4) is 0 Å². The minimum atomic E-state index is -0.508. The van der Waals surface area contributed by atoms with Crippen LogP contribution in [0.1, 0.15) is 40.7 Å². The molecular weight excluding hydrogens is 392 g/mol. The molecule has 0 unspecified atom stereocenters. The highest BCUT2D eigenvalue weighted by Crippen LogP contribution is 2.05. The molecule has 0 radical (unpaired) electrons. The van der Waals surface area contributed by atoms with Gasteiger partial charge in [0.15, 0.2) is 0 Å². The van der Waals surface area contributed by atoms with Gasteiger partial charge in [0.25, 0.3) is 5.91 Å². The summed E-state index contributed by atoms with van der Waals surface area (Å²) < 4.78 is 4.46. The summed E-state index contributed by atoms with van der Waals surface area (Å²) in [5, 5.41) is 2.47. The van der Waals surface area contributed by atoms with Crippen LogP contribution < -0.4 is 5.32 Å². The number of unbranched alkanes of at least 4 members (excludes halogenated alkanes) is 1. The van der Waals surface area contributed by atoms with Crippen molar-refractivity contribution >= 4 is 17.8 Å². The van der Waals surface area contributed by atoms with E-state index in [4.69, 9.17) is 0 Å². The van der Waals surface area contributed by atoms with Crippen LogP contribution in [0, 0.1) is 18.8 Å². The summed E-state index contributed by atoms with van der Waals surface area (Å²) in [5.74, 6) is 5.18. The maximum Gasteiger partial charge on any atom is 0.325 e. The quantitative estimate of drug-likeness (QED) is 0.441. The Morgan fingerprint density at radius 3 is 2.32 bits per heavy atom. The first-order valence-electron chi connectivity index (χ1n) is 9.99. The largest absolute Gasteiger partial charge is 0.468 e. The molecule has 0 heterocycles. The lowest BCUT2D eigenvalue weighted by atomic mass is 10.1. The van der Waals surface area contributed by atoms with Crippen LogP contribution in [-0.2, 0) is 14.3 Å². The first kappa shape index (κ1) is 25.4. The zero-order valence-electron chi connectivity index (χ0n) is 18.6. The van der Waals surface area contributed by atoms with Crippen LogP contribution >= 0.6 is 0 Å². The van der Waals surface area contributed by atoms with Crippen molar-refractivity contribution in [2.45, 2.75) is 26.2 Å². The fraction of sp³-hybridized carbons (Fsp3) is 0.320. The topological polar surface area (TPSA) is 75.7 Å². The Morgan fingerprint density at radius 1 is 1.03 bits per heavy atom. The normalized spacial score (nSPS) is 9.29. The summed E-state index contributed by atoms with van der Waals surface area (Å²) in [6.45, 7) is 1.91. The van der Waals surface area contributed by atoms with Gasteiger partial charge in [0.2, 0.25) is 5.91 Å². The van der Waals surface area contributed by atoms with Crippen LogP contribution in [0.5, 0.6) is 0 Å². The average Bonchev–Trinajstić information content (AvgIpc) is 2.77. The van der Waals surface area contributed by atoms with E-state index in [1.54, 1.807) is 43.3 Å². The van der Waals surface area contributed by atoms with E-state index in [1.807, 2.05) is 18.2 Å². The first-order chi connectivity index (χ1) is 14.8. The second kappa shape index (κ2) is 14.4. The Morgan fingerprint density at radius 2 is 1.74 bits per heavy atom. The van der Waals surface area contributed by atoms with Crippen molar-refractivity contribution in [2.24, 2.45) is 0 Å². The number of nitrogens with one attached hydrogen (secondary N) is 1. The summed E-state index contributed by atoms with van der Waals surface area (Å²) in [4.78, 5) is 35.9. The van der Waals surface area contributed by atoms with Crippen molar-refractivity contribution in [2.75, 3.05) is 27.7 Å². The molecule has 0 aliphatic carbocycles. The van der Waals surface area contributed by atoms with E-state index in [-0.39, 0.29) is 18.4 Å². The number of esters is 1. The third-order valence-electron chi connectivity index (χ3n) is 4.11. The van der Waals surface area contributed by atoms with Crippen LogP contribution in [0.15, 0.2) is 54.6 Å². The van der Waals surface area contributed by atoms with Gasteiger partial charge in [-0.15, -0.1) is 0 Å². The van der Waals surface area contributed by atoms with Crippen molar-refractivity contribution in [1.29, 1.82) is 0 Å². The monoisotopic (exact) mass is 422 g/mol. The molecule has 2 aromatic rings. The molecule has 0 bridgehead atoms. The van der Waals surface area contributed by atoms with E-state index in [1.165, 1.54) is 12.7 Å². The van der Waals surface area contributed by atoms with Gasteiger partial charge in [-0.1, -0.05) is 53.8 Å². The molecular formula is C25H30N2O4. The van der Waals surface area contributed by atoms with Crippen molar-refractivity contribution in [3.05, 3.63) is 71.3 Å². The van der Waals surface area contributed by atoms with Crippen molar-refractivity contribution in [3.8, 4) is 11.8 Å². The molecule has 0 saturated carbocycles. The number of benzene rings is 2. The van der Waals surface area contributed by atoms with Gasteiger partial charge in [0.05, 0.1) is 7.11 Å².